The molecule has 1 aromatic carbocycles. The van der Waals surface area contributed by atoms with Gasteiger partial charge in [-0.05, 0) is 43.3 Å². The number of aryl methyl sites for hydroxylation is 1. The molecule has 1 heterocycles. The molecule has 2 aromatic rings. The second-order valence-corrected chi connectivity index (χ2v) is 5.88. The summed E-state index contributed by atoms with van der Waals surface area (Å²) in [5, 5.41) is 3.32. The third-order valence-corrected chi connectivity index (χ3v) is 4.09. The van der Waals surface area contributed by atoms with Crippen LogP contribution in [0, 0.1) is 6.92 Å². The van der Waals surface area contributed by atoms with E-state index in [1.165, 1.54) is 4.88 Å². The van der Waals surface area contributed by atoms with Crippen molar-refractivity contribution in [2.45, 2.75) is 26.1 Å². The Morgan fingerprint density at radius 3 is 2.20 bits per heavy atom. The molecular formula is C15H16F3NS. The maximum atomic E-state index is 12.6. The molecule has 0 saturated heterocycles. The lowest BCUT2D eigenvalue weighted by molar-refractivity contribution is -0.137. The molecule has 0 spiro atoms. The number of halogens is 3. The maximum Gasteiger partial charge on any atom is 0.416 e. The van der Waals surface area contributed by atoms with E-state index in [9.17, 15) is 13.2 Å². The zero-order chi connectivity index (χ0) is 14.8. The van der Waals surface area contributed by atoms with Gasteiger partial charge in [-0.25, -0.2) is 0 Å². The van der Waals surface area contributed by atoms with Gasteiger partial charge >= 0.3 is 6.18 Å². The van der Waals surface area contributed by atoms with Crippen molar-refractivity contribution in [1.82, 2.24) is 5.32 Å². The number of benzene rings is 1. The van der Waals surface area contributed by atoms with Crippen LogP contribution in [0.25, 0.3) is 0 Å². The fraction of sp³-hybridized carbons (Fsp3) is 0.333. The van der Waals surface area contributed by atoms with Crippen LogP contribution >= 0.6 is 11.3 Å². The van der Waals surface area contributed by atoms with E-state index >= 15 is 0 Å². The van der Waals surface area contributed by atoms with Gasteiger partial charge in [-0.3, -0.25) is 0 Å². The van der Waals surface area contributed by atoms with Crippen LogP contribution in [-0.2, 0) is 6.18 Å². The fourth-order valence-corrected chi connectivity index (χ4v) is 3.04. The average molecular weight is 299 g/mol. The highest BCUT2D eigenvalue weighted by Crippen LogP contribution is 2.32. The smallest absolute Gasteiger partial charge is 0.306 e. The van der Waals surface area contributed by atoms with Crippen molar-refractivity contribution >= 4 is 11.3 Å². The normalized spacial score (nSPS) is 13.4. The Morgan fingerprint density at radius 2 is 1.75 bits per heavy atom. The van der Waals surface area contributed by atoms with Gasteiger partial charge in [-0.2, -0.15) is 13.2 Å². The van der Waals surface area contributed by atoms with Gasteiger partial charge in [0.15, 0.2) is 0 Å². The summed E-state index contributed by atoms with van der Waals surface area (Å²) in [4.78, 5) is 2.30. The van der Waals surface area contributed by atoms with E-state index in [4.69, 9.17) is 0 Å². The van der Waals surface area contributed by atoms with Crippen molar-refractivity contribution in [1.29, 1.82) is 0 Å². The van der Waals surface area contributed by atoms with Gasteiger partial charge in [-0.1, -0.05) is 19.1 Å². The predicted molar refractivity (Wildman–Crippen MR) is 76.0 cm³/mol. The molecule has 1 aromatic heterocycles. The number of thiophene rings is 1. The largest absolute Gasteiger partial charge is 0.416 e. The predicted octanol–water partition coefficient (Wildman–Crippen LogP) is 4.77. The Morgan fingerprint density at radius 1 is 1.10 bits per heavy atom. The SMILES string of the molecule is CCNC(c1ccc(C(F)(F)F)cc1)c1ccc(C)s1. The highest BCUT2D eigenvalue weighted by atomic mass is 32.1. The Labute approximate surface area is 120 Å². The number of hydrogen-bond donors (Lipinski definition) is 1. The van der Waals surface area contributed by atoms with E-state index < -0.39 is 11.7 Å². The lowest BCUT2D eigenvalue weighted by Crippen LogP contribution is -2.21. The Hall–Kier alpha value is -1.33. The molecule has 0 bridgehead atoms. The first-order valence-electron chi connectivity index (χ1n) is 6.38. The number of nitrogens with one attached hydrogen (secondary N) is 1. The first-order valence-corrected chi connectivity index (χ1v) is 7.20. The minimum atomic E-state index is -4.29. The summed E-state index contributed by atoms with van der Waals surface area (Å²) >= 11 is 1.66. The number of hydrogen-bond acceptors (Lipinski definition) is 2. The first kappa shape index (κ1) is 15.1. The standard InChI is InChI=1S/C15H16F3NS/c1-3-19-14(13-9-4-10(2)20-13)11-5-7-12(8-6-11)15(16,17)18/h4-9,14,19H,3H2,1-2H3. The Balaban J connectivity index is 2.30. The van der Waals surface area contributed by atoms with E-state index in [0.717, 1.165) is 29.1 Å². The van der Waals surface area contributed by atoms with E-state index in [1.807, 2.05) is 26.0 Å². The van der Waals surface area contributed by atoms with Gasteiger partial charge in [-0.15, -0.1) is 11.3 Å². The third kappa shape index (κ3) is 3.41. The molecule has 1 unspecified atom stereocenters. The van der Waals surface area contributed by atoms with Crippen molar-refractivity contribution < 1.29 is 13.2 Å². The quantitative estimate of drug-likeness (QED) is 0.857. The zero-order valence-electron chi connectivity index (χ0n) is 11.3. The molecule has 1 N–H and O–H groups in total. The Kier molecular flexibility index (Phi) is 4.50. The van der Waals surface area contributed by atoms with Crippen LogP contribution < -0.4 is 5.32 Å². The molecule has 0 radical (unpaired) electrons. The molecule has 20 heavy (non-hydrogen) atoms. The Bertz CT molecular complexity index is 557. The average Bonchev–Trinajstić information content (AvgIpc) is 2.81. The van der Waals surface area contributed by atoms with Crippen LogP contribution in [0.4, 0.5) is 13.2 Å². The van der Waals surface area contributed by atoms with E-state index in [2.05, 4.69) is 5.32 Å². The lowest BCUT2D eigenvalue weighted by atomic mass is 10.0. The van der Waals surface area contributed by atoms with Crippen LogP contribution in [-0.4, -0.2) is 6.54 Å². The summed E-state index contributed by atoms with van der Waals surface area (Å²) in [5.74, 6) is 0. The van der Waals surface area contributed by atoms with Gasteiger partial charge in [0.2, 0.25) is 0 Å². The van der Waals surface area contributed by atoms with Crippen LogP contribution in [0.2, 0.25) is 0 Å². The molecule has 0 aliphatic rings. The van der Waals surface area contributed by atoms with Crippen LogP contribution in [0.5, 0.6) is 0 Å². The topological polar surface area (TPSA) is 12.0 Å². The monoisotopic (exact) mass is 299 g/mol. The van der Waals surface area contributed by atoms with E-state index in [-0.39, 0.29) is 6.04 Å². The van der Waals surface area contributed by atoms with Crippen molar-refractivity contribution in [2.24, 2.45) is 0 Å². The van der Waals surface area contributed by atoms with Gasteiger partial charge < -0.3 is 5.32 Å². The van der Waals surface area contributed by atoms with Crippen LogP contribution in [0.1, 0.15) is 33.8 Å². The highest BCUT2D eigenvalue weighted by Gasteiger charge is 2.30. The summed E-state index contributed by atoms with van der Waals surface area (Å²) in [6.45, 7) is 4.75. The molecule has 0 saturated carbocycles. The summed E-state index contributed by atoms with van der Waals surface area (Å²) in [6, 6.07) is 9.36. The summed E-state index contributed by atoms with van der Waals surface area (Å²) < 4.78 is 37.7. The second-order valence-electron chi connectivity index (χ2n) is 4.56. The molecule has 5 heteroatoms. The molecule has 0 amide bonds. The van der Waals surface area contributed by atoms with Gasteiger partial charge in [0.25, 0.3) is 0 Å². The molecular weight excluding hydrogens is 283 g/mol. The lowest BCUT2D eigenvalue weighted by Gasteiger charge is -2.17. The fourth-order valence-electron chi connectivity index (χ4n) is 2.06. The minimum Gasteiger partial charge on any atom is -0.306 e. The van der Waals surface area contributed by atoms with Crippen molar-refractivity contribution in [3.63, 3.8) is 0 Å². The second kappa shape index (κ2) is 5.97. The van der Waals surface area contributed by atoms with Crippen LogP contribution in [0.15, 0.2) is 36.4 Å². The van der Waals surface area contributed by atoms with Gasteiger partial charge in [0.1, 0.15) is 0 Å². The first-order chi connectivity index (χ1) is 9.41. The molecule has 108 valence electrons. The third-order valence-electron chi connectivity index (χ3n) is 3.03. The minimum absolute atomic E-state index is 0.0546. The van der Waals surface area contributed by atoms with Gasteiger partial charge in [0.05, 0.1) is 11.6 Å². The van der Waals surface area contributed by atoms with Gasteiger partial charge in [0, 0.05) is 9.75 Å². The van der Waals surface area contributed by atoms with Crippen molar-refractivity contribution in [2.75, 3.05) is 6.54 Å². The number of rotatable bonds is 4. The number of alkyl halides is 3. The summed E-state index contributed by atoms with van der Waals surface area (Å²) in [7, 11) is 0. The summed E-state index contributed by atoms with van der Waals surface area (Å²) in [5.41, 5.74) is 0.237. The van der Waals surface area contributed by atoms with Crippen molar-refractivity contribution in [3.05, 3.63) is 57.3 Å². The molecule has 0 aliphatic carbocycles. The molecule has 0 fully saturated rings. The molecule has 2 rings (SSSR count). The summed E-state index contributed by atoms with van der Waals surface area (Å²) in [6.07, 6.45) is -4.29. The molecule has 1 atom stereocenters. The van der Waals surface area contributed by atoms with E-state index in [0.29, 0.717) is 0 Å². The maximum absolute atomic E-state index is 12.6. The van der Waals surface area contributed by atoms with Crippen molar-refractivity contribution in [3.8, 4) is 0 Å². The van der Waals surface area contributed by atoms with E-state index in [1.54, 1.807) is 23.5 Å². The molecule has 1 nitrogen and oxygen atoms in total. The molecule has 0 aliphatic heterocycles. The zero-order valence-corrected chi connectivity index (χ0v) is 12.1. The highest BCUT2D eigenvalue weighted by molar-refractivity contribution is 7.12. The van der Waals surface area contributed by atoms with Crippen LogP contribution in [0.3, 0.4) is 0 Å².